The average Bonchev–Trinajstić information content (AvgIpc) is 3.18. The van der Waals surface area contributed by atoms with E-state index < -0.39 is 0 Å². The largest absolute Gasteiger partial charge is 0.302 e. The molecular formula is C23H26N4O2S. The zero-order valence-corrected chi connectivity index (χ0v) is 18.4. The predicted octanol–water partition coefficient (Wildman–Crippen LogP) is 4.57. The SMILES string of the molecule is CC(C)c1cnc(NC(=O)Cc2ccc(N(C(=O)c3ccccc3)N(C)C)cc2)s1. The molecule has 0 saturated heterocycles. The summed E-state index contributed by atoms with van der Waals surface area (Å²) >= 11 is 1.50. The molecule has 6 nitrogen and oxygen atoms in total. The fourth-order valence-corrected chi connectivity index (χ4v) is 3.78. The number of carbonyl (C=O) groups excluding carboxylic acids is 2. The maximum atomic E-state index is 12.9. The molecule has 30 heavy (non-hydrogen) atoms. The Morgan fingerprint density at radius 3 is 2.27 bits per heavy atom. The first-order valence-electron chi connectivity index (χ1n) is 9.76. The summed E-state index contributed by atoms with van der Waals surface area (Å²) in [6.07, 6.45) is 2.05. The van der Waals surface area contributed by atoms with E-state index in [1.165, 1.54) is 11.3 Å². The lowest BCUT2D eigenvalue weighted by Gasteiger charge is -2.29. The summed E-state index contributed by atoms with van der Waals surface area (Å²) in [7, 11) is 3.64. The molecule has 0 radical (unpaired) electrons. The molecule has 156 valence electrons. The number of nitrogens with one attached hydrogen (secondary N) is 1. The van der Waals surface area contributed by atoms with Gasteiger partial charge >= 0.3 is 0 Å². The van der Waals surface area contributed by atoms with Gasteiger partial charge in [0.1, 0.15) is 0 Å². The first kappa shape index (κ1) is 21.7. The van der Waals surface area contributed by atoms with E-state index in [0.717, 1.165) is 16.1 Å². The molecule has 1 heterocycles. The molecule has 0 bridgehead atoms. The highest BCUT2D eigenvalue weighted by Crippen LogP contribution is 2.25. The highest BCUT2D eigenvalue weighted by molar-refractivity contribution is 7.15. The summed E-state index contributed by atoms with van der Waals surface area (Å²) < 4.78 is 0. The summed E-state index contributed by atoms with van der Waals surface area (Å²) in [4.78, 5) is 30.7. The molecule has 1 N–H and O–H groups in total. The third-order valence-electron chi connectivity index (χ3n) is 4.50. The summed E-state index contributed by atoms with van der Waals surface area (Å²) in [5, 5.41) is 6.82. The fourth-order valence-electron chi connectivity index (χ4n) is 2.95. The van der Waals surface area contributed by atoms with Crippen LogP contribution in [0.1, 0.15) is 40.6 Å². The van der Waals surface area contributed by atoms with Crippen molar-refractivity contribution >= 4 is 34.0 Å². The molecule has 0 aliphatic rings. The number of nitrogens with zero attached hydrogens (tertiary/aromatic N) is 3. The third kappa shape index (κ3) is 5.31. The Labute approximate surface area is 181 Å². The van der Waals surface area contributed by atoms with Crippen LogP contribution in [0, 0.1) is 0 Å². The minimum atomic E-state index is -0.115. The fraction of sp³-hybridized carbons (Fsp3) is 0.261. The van der Waals surface area contributed by atoms with Crippen LogP contribution in [0.25, 0.3) is 0 Å². The lowest BCUT2D eigenvalue weighted by Crippen LogP contribution is -2.42. The van der Waals surface area contributed by atoms with Crippen LogP contribution < -0.4 is 10.3 Å². The van der Waals surface area contributed by atoms with E-state index in [2.05, 4.69) is 24.1 Å². The van der Waals surface area contributed by atoms with Crippen molar-refractivity contribution in [1.29, 1.82) is 0 Å². The topological polar surface area (TPSA) is 65.5 Å². The second kappa shape index (κ2) is 9.65. The van der Waals surface area contributed by atoms with Crippen LogP contribution in [-0.4, -0.2) is 35.9 Å². The van der Waals surface area contributed by atoms with Gasteiger partial charge in [-0.15, -0.1) is 11.3 Å². The molecular weight excluding hydrogens is 396 g/mol. The van der Waals surface area contributed by atoms with Gasteiger partial charge in [0, 0.05) is 30.7 Å². The zero-order chi connectivity index (χ0) is 21.7. The Kier molecular flexibility index (Phi) is 6.97. The van der Waals surface area contributed by atoms with Crippen molar-refractivity contribution < 1.29 is 9.59 Å². The third-order valence-corrected chi connectivity index (χ3v) is 5.71. The Morgan fingerprint density at radius 2 is 1.70 bits per heavy atom. The van der Waals surface area contributed by atoms with Gasteiger partial charge in [0.05, 0.1) is 12.1 Å². The van der Waals surface area contributed by atoms with Crippen molar-refractivity contribution in [3.63, 3.8) is 0 Å². The highest BCUT2D eigenvalue weighted by Gasteiger charge is 2.20. The molecule has 0 atom stereocenters. The molecule has 2 aromatic carbocycles. The standard InChI is InChI=1S/C23H26N4O2S/c1-16(2)20-15-24-23(30-20)25-21(28)14-17-10-12-19(13-11-17)27(26(3)4)22(29)18-8-6-5-7-9-18/h5-13,15-16H,14H2,1-4H3,(H,24,25,28). The Bertz CT molecular complexity index is 998. The predicted molar refractivity (Wildman–Crippen MR) is 122 cm³/mol. The quantitative estimate of drug-likeness (QED) is 0.567. The number of carbonyl (C=O) groups is 2. The van der Waals surface area contributed by atoms with Crippen molar-refractivity contribution in [2.24, 2.45) is 0 Å². The molecule has 0 unspecified atom stereocenters. The van der Waals surface area contributed by atoms with E-state index in [1.54, 1.807) is 28.3 Å². The first-order chi connectivity index (χ1) is 14.3. The molecule has 0 aliphatic heterocycles. The molecule has 0 fully saturated rings. The number of hydrazine groups is 1. The number of benzene rings is 2. The molecule has 0 spiro atoms. The van der Waals surface area contributed by atoms with E-state index in [-0.39, 0.29) is 18.2 Å². The van der Waals surface area contributed by atoms with Crippen molar-refractivity contribution in [3.8, 4) is 0 Å². The minimum Gasteiger partial charge on any atom is -0.302 e. The van der Waals surface area contributed by atoms with Crippen LogP contribution in [0.3, 0.4) is 0 Å². The van der Waals surface area contributed by atoms with Gasteiger partial charge in [0.15, 0.2) is 5.13 Å². The number of aromatic nitrogens is 1. The Hall–Kier alpha value is -3.03. The van der Waals surface area contributed by atoms with E-state index in [1.807, 2.05) is 56.6 Å². The normalized spacial score (nSPS) is 11.0. The van der Waals surface area contributed by atoms with Crippen LogP contribution >= 0.6 is 11.3 Å². The molecule has 2 amide bonds. The van der Waals surface area contributed by atoms with Gasteiger partial charge in [-0.3, -0.25) is 9.59 Å². The summed E-state index contributed by atoms with van der Waals surface area (Å²) in [5.74, 6) is 0.159. The number of hydrogen-bond acceptors (Lipinski definition) is 5. The van der Waals surface area contributed by atoms with E-state index in [0.29, 0.717) is 16.6 Å². The number of thiazole rings is 1. The summed E-state index contributed by atoms with van der Waals surface area (Å²) in [5.41, 5.74) is 2.21. The second-order valence-corrected chi connectivity index (χ2v) is 8.51. The number of anilines is 2. The van der Waals surface area contributed by atoms with Gasteiger partial charge in [-0.1, -0.05) is 44.2 Å². The average molecular weight is 423 g/mol. The molecule has 3 rings (SSSR count). The lowest BCUT2D eigenvalue weighted by molar-refractivity contribution is -0.115. The van der Waals surface area contributed by atoms with E-state index in [9.17, 15) is 9.59 Å². The maximum absolute atomic E-state index is 12.9. The van der Waals surface area contributed by atoms with Gasteiger partial charge in [-0.2, -0.15) is 0 Å². The summed E-state index contributed by atoms with van der Waals surface area (Å²) in [6.45, 7) is 4.19. The molecule has 3 aromatic rings. The van der Waals surface area contributed by atoms with Gasteiger partial charge in [-0.05, 0) is 35.7 Å². The minimum absolute atomic E-state index is 0.114. The smallest absolute Gasteiger partial charge is 0.272 e. The second-order valence-electron chi connectivity index (χ2n) is 7.44. The van der Waals surface area contributed by atoms with E-state index >= 15 is 0 Å². The lowest BCUT2D eigenvalue weighted by atomic mass is 10.1. The zero-order valence-electron chi connectivity index (χ0n) is 17.6. The van der Waals surface area contributed by atoms with Crippen LogP contribution in [-0.2, 0) is 11.2 Å². The summed E-state index contributed by atoms with van der Waals surface area (Å²) in [6, 6.07) is 16.6. The van der Waals surface area contributed by atoms with Crippen LogP contribution in [0.5, 0.6) is 0 Å². The van der Waals surface area contributed by atoms with Crippen LogP contribution in [0.4, 0.5) is 10.8 Å². The van der Waals surface area contributed by atoms with Gasteiger partial charge in [0.25, 0.3) is 5.91 Å². The van der Waals surface area contributed by atoms with Crippen molar-refractivity contribution in [3.05, 3.63) is 76.8 Å². The van der Waals surface area contributed by atoms with Crippen LogP contribution in [0.15, 0.2) is 60.8 Å². The maximum Gasteiger partial charge on any atom is 0.272 e. The monoisotopic (exact) mass is 422 g/mol. The van der Waals surface area contributed by atoms with Gasteiger partial charge in [-0.25, -0.2) is 15.0 Å². The van der Waals surface area contributed by atoms with Gasteiger partial charge in [0.2, 0.25) is 5.91 Å². The molecule has 1 aromatic heterocycles. The van der Waals surface area contributed by atoms with Crippen LogP contribution in [0.2, 0.25) is 0 Å². The van der Waals surface area contributed by atoms with Crippen molar-refractivity contribution in [2.45, 2.75) is 26.2 Å². The van der Waals surface area contributed by atoms with E-state index in [4.69, 9.17) is 0 Å². The number of rotatable bonds is 7. The number of amides is 2. The van der Waals surface area contributed by atoms with Crippen molar-refractivity contribution in [2.75, 3.05) is 24.4 Å². The number of hydrogen-bond donors (Lipinski definition) is 1. The Morgan fingerprint density at radius 1 is 1.03 bits per heavy atom. The van der Waals surface area contributed by atoms with Crippen molar-refractivity contribution in [1.82, 2.24) is 9.99 Å². The molecule has 7 heteroatoms. The first-order valence-corrected chi connectivity index (χ1v) is 10.6. The molecule has 0 aliphatic carbocycles. The Balaban J connectivity index is 1.68. The van der Waals surface area contributed by atoms with Gasteiger partial charge < -0.3 is 5.32 Å². The highest BCUT2D eigenvalue weighted by atomic mass is 32.1. The molecule has 0 saturated carbocycles.